The molecule has 3 aromatic heterocycles. The highest BCUT2D eigenvalue weighted by atomic mass is 35.5. The average molecular weight is 519 g/mol. The summed E-state index contributed by atoms with van der Waals surface area (Å²) in [7, 11) is 0. The number of nitrogens with zero attached hydrogens (tertiary/aromatic N) is 6. The molecule has 0 spiro atoms. The summed E-state index contributed by atoms with van der Waals surface area (Å²) in [4.78, 5) is 17.7. The van der Waals surface area contributed by atoms with Gasteiger partial charge in [0.05, 0.1) is 28.6 Å². The molecule has 5 aromatic rings. The van der Waals surface area contributed by atoms with Crippen LogP contribution in [0.2, 0.25) is 10.0 Å². The van der Waals surface area contributed by atoms with Gasteiger partial charge in [-0.25, -0.2) is 4.68 Å². The van der Waals surface area contributed by atoms with E-state index < -0.39 is 0 Å². The van der Waals surface area contributed by atoms with E-state index in [1.165, 1.54) is 0 Å². The lowest BCUT2D eigenvalue weighted by atomic mass is 10.0. The molecule has 0 saturated heterocycles. The molecule has 0 fully saturated rings. The van der Waals surface area contributed by atoms with Gasteiger partial charge in [-0.1, -0.05) is 64.3 Å². The number of hydrogen-bond acceptors (Lipinski definition) is 6. The number of hydrogen-bond donors (Lipinski definition) is 2. The second-order valence-electron chi connectivity index (χ2n) is 8.06. The molecule has 11 heteroatoms. The summed E-state index contributed by atoms with van der Waals surface area (Å²) in [5.74, 6) is 0.0558. The van der Waals surface area contributed by atoms with Crippen molar-refractivity contribution in [2.24, 2.45) is 0 Å². The van der Waals surface area contributed by atoms with Crippen LogP contribution in [0, 0.1) is 6.92 Å². The number of aromatic amines is 1. The Labute approximate surface area is 216 Å². The Morgan fingerprint density at radius 1 is 1.08 bits per heavy atom. The Morgan fingerprint density at radius 2 is 1.92 bits per heavy atom. The molecule has 0 bridgehead atoms. The highest BCUT2D eigenvalue weighted by Gasteiger charge is 2.27. The zero-order chi connectivity index (χ0) is 25.1. The van der Waals surface area contributed by atoms with E-state index in [4.69, 9.17) is 28.3 Å². The number of halogens is 2. The minimum Gasteiger partial charge on any atom is -0.345 e. The number of pyridine rings is 1. The third kappa shape index (κ3) is 4.98. The molecule has 3 heterocycles. The summed E-state index contributed by atoms with van der Waals surface area (Å²) < 4.78 is 1.66. The predicted octanol–water partition coefficient (Wildman–Crippen LogP) is 4.58. The van der Waals surface area contributed by atoms with Crippen molar-refractivity contribution in [3.63, 3.8) is 0 Å². The fourth-order valence-electron chi connectivity index (χ4n) is 3.81. The van der Waals surface area contributed by atoms with E-state index in [2.05, 4.69) is 30.9 Å². The normalized spacial score (nSPS) is 11.0. The number of nitrogens with one attached hydrogen (secondary N) is 2. The second kappa shape index (κ2) is 10.3. The Morgan fingerprint density at radius 3 is 2.61 bits per heavy atom. The monoisotopic (exact) mass is 518 g/mol. The molecule has 0 saturated carbocycles. The van der Waals surface area contributed by atoms with Gasteiger partial charge in [0, 0.05) is 28.8 Å². The van der Waals surface area contributed by atoms with E-state index in [1.807, 2.05) is 49.4 Å². The number of tetrazole rings is 1. The molecule has 0 unspecified atom stereocenters. The van der Waals surface area contributed by atoms with Crippen molar-refractivity contribution in [3.05, 3.63) is 105 Å². The van der Waals surface area contributed by atoms with Crippen LogP contribution < -0.4 is 5.32 Å². The van der Waals surface area contributed by atoms with E-state index in [0.29, 0.717) is 32.8 Å². The Hall–Kier alpha value is -4.08. The summed E-state index contributed by atoms with van der Waals surface area (Å²) in [6.45, 7) is 2.25. The summed E-state index contributed by atoms with van der Waals surface area (Å²) in [5.41, 5.74) is 4.79. The van der Waals surface area contributed by atoms with Crippen molar-refractivity contribution in [2.75, 3.05) is 0 Å². The molecule has 36 heavy (non-hydrogen) atoms. The van der Waals surface area contributed by atoms with Crippen LogP contribution in [-0.4, -0.2) is 41.3 Å². The highest BCUT2D eigenvalue weighted by molar-refractivity contribution is 6.35. The third-order valence-corrected chi connectivity index (χ3v) is 6.08. The number of aryl methyl sites for hydroxylation is 1. The lowest BCUT2D eigenvalue weighted by Crippen LogP contribution is -2.25. The van der Waals surface area contributed by atoms with Crippen molar-refractivity contribution in [3.8, 4) is 16.9 Å². The van der Waals surface area contributed by atoms with E-state index in [1.54, 1.807) is 29.1 Å². The minimum atomic E-state index is -0.364. The van der Waals surface area contributed by atoms with Gasteiger partial charge in [-0.3, -0.25) is 9.78 Å². The maximum absolute atomic E-state index is 13.5. The number of H-pyrrole nitrogens is 1. The van der Waals surface area contributed by atoms with Gasteiger partial charge in [-0.15, -0.1) is 10.2 Å². The van der Waals surface area contributed by atoms with Gasteiger partial charge in [-0.2, -0.15) is 10.3 Å². The molecule has 0 aliphatic rings. The third-order valence-electron chi connectivity index (χ3n) is 5.54. The van der Waals surface area contributed by atoms with Crippen molar-refractivity contribution in [1.82, 2.24) is 40.7 Å². The fourth-order valence-corrected chi connectivity index (χ4v) is 4.30. The molecule has 2 aromatic carbocycles. The Kier molecular flexibility index (Phi) is 6.75. The van der Waals surface area contributed by atoms with Gasteiger partial charge >= 0.3 is 0 Å². The molecular weight excluding hydrogens is 499 g/mol. The van der Waals surface area contributed by atoms with E-state index >= 15 is 0 Å². The van der Waals surface area contributed by atoms with Crippen LogP contribution >= 0.6 is 23.2 Å². The topological polar surface area (TPSA) is 114 Å². The van der Waals surface area contributed by atoms with Crippen molar-refractivity contribution in [1.29, 1.82) is 0 Å². The fraction of sp³-hybridized carbons (Fsp3) is 0.120. The second-order valence-corrected chi connectivity index (χ2v) is 8.90. The van der Waals surface area contributed by atoms with Crippen LogP contribution in [0.4, 0.5) is 0 Å². The molecule has 0 atom stereocenters. The predicted molar refractivity (Wildman–Crippen MR) is 136 cm³/mol. The zero-order valence-electron chi connectivity index (χ0n) is 19.1. The molecule has 9 nitrogen and oxygen atoms in total. The Balaban J connectivity index is 1.67. The summed E-state index contributed by atoms with van der Waals surface area (Å²) in [5, 5.41) is 22.9. The summed E-state index contributed by atoms with van der Waals surface area (Å²) >= 11 is 12.7. The SMILES string of the molecule is Cc1ccc(-c2c(Cc3nn[nH]n3)c(C(=O)NCc3ccccn3)nn2-c2ccc(Cl)cc2Cl)cc1. The molecule has 2 N–H and O–H groups in total. The number of amides is 1. The van der Waals surface area contributed by atoms with Crippen molar-refractivity contribution in [2.45, 2.75) is 19.9 Å². The van der Waals surface area contributed by atoms with Crippen LogP contribution in [0.3, 0.4) is 0 Å². The smallest absolute Gasteiger partial charge is 0.272 e. The number of aromatic nitrogens is 7. The molecule has 0 aliphatic heterocycles. The van der Waals surface area contributed by atoms with Crippen molar-refractivity contribution < 1.29 is 4.79 Å². The Bertz CT molecular complexity index is 1500. The van der Waals surface area contributed by atoms with Gasteiger partial charge in [-0.05, 0) is 37.3 Å². The molecule has 0 aliphatic carbocycles. The molecule has 180 valence electrons. The van der Waals surface area contributed by atoms with Gasteiger partial charge in [0.25, 0.3) is 5.91 Å². The maximum Gasteiger partial charge on any atom is 0.272 e. The van der Waals surface area contributed by atoms with Gasteiger partial charge in [0.15, 0.2) is 11.5 Å². The number of benzene rings is 2. The lowest BCUT2D eigenvalue weighted by molar-refractivity contribution is 0.0944. The first-order valence-electron chi connectivity index (χ1n) is 11.0. The summed E-state index contributed by atoms with van der Waals surface area (Å²) in [6.07, 6.45) is 1.90. The largest absolute Gasteiger partial charge is 0.345 e. The van der Waals surface area contributed by atoms with Crippen LogP contribution in [-0.2, 0) is 13.0 Å². The van der Waals surface area contributed by atoms with Crippen LogP contribution in [0.15, 0.2) is 66.9 Å². The quantitative estimate of drug-likeness (QED) is 0.325. The number of carbonyl (C=O) groups excluding carboxylic acids is 1. The number of carbonyl (C=O) groups is 1. The van der Waals surface area contributed by atoms with Crippen LogP contribution in [0.5, 0.6) is 0 Å². The van der Waals surface area contributed by atoms with Gasteiger partial charge < -0.3 is 5.32 Å². The van der Waals surface area contributed by atoms with Gasteiger partial charge in [0.1, 0.15) is 0 Å². The molecule has 5 rings (SSSR count). The van der Waals surface area contributed by atoms with E-state index in [0.717, 1.165) is 16.8 Å². The maximum atomic E-state index is 13.5. The van der Waals surface area contributed by atoms with E-state index in [-0.39, 0.29) is 24.6 Å². The van der Waals surface area contributed by atoms with Crippen LogP contribution in [0.25, 0.3) is 16.9 Å². The molecular formula is C25H20Cl2N8O. The lowest BCUT2D eigenvalue weighted by Gasteiger charge is -2.12. The number of rotatable bonds is 7. The first-order valence-corrected chi connectivity index (χ1v) is 11.8. The average Bonchev–Trinajstić information content (AvgIpc) is 3.52. The molecule has 0 radical (unpaired) electrons. The van der Waals surface area contributed by atoms with E-state index in [9.17, 15) is 4.79 Å². The minimum absolute atomic E-state index is 0.220. The van der Waals surface area contributed by atoms with Crippen LogP contribution in [0.1, 0.15) is 33.1 Å². The van der Waals surface area contributed by atoms with Gasteiger partial charge in [0.2, 0.25) is 0 Å². The van der Waals surface area contributed by atoms with Crippen molar-refractivity contribution >= 4 is 29.1 Å². The standard InChI is InChI=1S/C25H20Cl2N8O/c1-15-5-7-16(8-6-15)24-19(13-22-30-33-34-31-22)23(25(36)29-14-18-4-2-3-11-28-18)32-35(24)21-10-9-17(26)12-20(21)27/h2-12H,13-14H2,1H3,(H,29,36)(H,30,31,33,34). The highest BCUT2D eigenvalue weighted by Crippen LogP contribution is 2.34. The zero-order valence-corrected chi connectivity index (χ0v) is 20.6. The first kappa shape index (κ1) is 23.7. The molecule has 1 amide bonds. The summed E-state index contributed by atoms with van der Waals surface area (Å²) in [6, 6.07) is 18.6. The first-order chi connectivity index (χ1) is 17.5.